The highest BCUT2D eigenvalue weighted by Crippen LogP contribution is 2.34. The molecule has 3 amide bonds. The summed E-state index contributed by atoms with van der Waals surface area (Å²) in [5, 5.41) is 7.91. The Kier molecular flexibility index (Phi) is 5.75. The first-order valence-electron chi connectivity index (χ1n) is 9.23. The van der Waals surface area contributed by atoms with Crippen molar-refractivity contribution < 1.29 is 9.59 Å². The Morgan fingerprint density at radius 2 is 1.58 bits per heavy atom. The molecular weight excluding hydrogens is 435 g/mol. The smallest absolute Gasteiger partial charge is 0.316 e. The SMILES string of the molecule is NC(=O)Nc1ccc(C(=O)Nc2ccc(Cl)c(-c3nccc4ccccc34)c2)c(Cl)c1. The number of halogens is 2. The highest BCUT2D eigenvalue weighted by Gasteiger charge is 2.14. The minimum absolute atomic E-state index is 0.175. The molecule has 0 aliphatic rings. The monoisotopic (exact) mass is 450 g/mol. The molecule has 0 saturated carbocycles. The number of nitrogens with zero attached hydrogens (tertiary/aromatic N) is 1. The summed E-state index contributed by atoms with van der Waals surface area (Å²) in [5.74, 6) is -0.408. The molecule has 1 heterocycles. The second-order valence-electron chi connectivity index (χ2n) is 6.71. The number of pyridine rings is 1. The fourth-order valence-corrected chi connectivity index (χ4v) is 3.71. The summed E-state index contributed by atoms with van der Waals surface area (Å²) in [5.41, 5.74) is 7.69. The fourth-order valence-electron chi connectivity index (χ4n) is 3.24. The average Bonchev–Trinajstić information content (AvgIpc) is 2.74. The third kappa shape index (κ3) is 4.45. The van der Waals surface area contributed by atoms with Crippen molar-refractivity contribution in [3.8, 4) is 11.3 Å². The standard InChI is InChI=1S/C23H16Cl2N4O2/c24-19-8-6-14(11-18(19)21-16-4-2-1-3-13(16)9-10-27-21)28-22(30)17-7-5-15(12-20(17)25)29-23(26)31/h1-12H,(H,28,30)(H3,26,29,31). The molecule has 154 valence electrons. The molecule has 0 aliphatic heterocycles. The summed E-state index contributed by atoms with van der Waals surface area (Å²) in [7, 11) is 0. The number of nitrogens with one attached hydrogen (secondary N) is 2. The van der Waals surface area contributed by atoms with Crippen LogP contribution in [0.15, 0.2) is 72.9 Å². The van der Waals surface area contributed by atoms with Crippen molar-refractivity contribution in [1.29, 1.82) is 0 Å². The molecule has 0 bridgehead atoms. The molecule has 0 saturated heterocycles. The van der Waals surface area contributed by atoms with Crippen LogP contribution in [0.1, 0.15) is 10.4 Å². The van der Waals surface area contributed by atoms with E-state index in [4.69, 9.17) is 28.9 Å². The molecule has 4 rings (SSSR count). The molecule has 1 aromatic heterocycles. The molecule has 0 unspecified atom stereocenters. The lowest BCUT2D eigenvalue weighted by atomic mass is 10.0. The van der Waals surface area contributed by atoms with Gasteiger partial charge in [-0.3, -0.25) is 9.78 Å². The van der Waals surface area contributed by atoms with Crippen LogP contribution >= 0.6 is 23.2 Å². The first kappa shape index (κ1) is 20.7. The second kappa shape index (κ2) is 8.63. The second-order valence-corrected chi connectivity index (χ2v) is 7.53. The fraction of sp³-hybridized carbons (Fsp3) is 0. The van der Waals surface area contributed by atoms with Crippen molar-refractivity contribution in [2.45, 2.75) is 0 Å². The van der Waals surface area contributed by atoms with E-state index in [1.165, 1.54) is 12.1 Å². The Balaban J connectivity index is 1.65. The first-order valence-corrected chi connectivity index (χ1v) is 9.99. The zero-order chi connectivity index (χ0) is 22.0. The van der Waals surface area contributed by atoms with E-state index in [0.29, 0.717) is 22.0 Å². The summed E-state index contributed by atoms with van der Waals surface area (Å²) in [6.07, 6.45) is 1.72. The molecule has 4 N–H and O–H groups in total. The van der Waals surface area contributed by atoms with Crippen molar-refractivity contribution in [3.05, 3.63) is 88.5 Å². The number of urea groups is 1. The van der Waals surface area contributed by atoms with E-state index in [0.717, 1.165) is 16.5 Å². The largest absolute Gasteiger partial charge is 0.351 e. The van der Waals surface area contributed by atoms with Gasteiger partial charge in [-0.2, -0.15) is 0 Å². The van der Waals surface area contributed by atoms with Crippen LogP contribution in [0.4, 0.5) is 16.2 Å². The maximum absolute atomic E-state index is 12.8. The maximum atomic E-state index is 12.8. The van der Waals surface area contributed by atoms with Gasteiger partial charge in [-0.25, -0.2) is 4.79 Å². The highest BCUT2D eigenvalue weighted by atomic mass is 35.5. The topological polar surface area (TPSA) is 97.1 Å². The number of hydrogen-bond acceptors (Lipinski definition) is 3. The molecule has 31 heavy (non-hydrogen) atoms. The summed E-state index contributed by atoms with van der Waals surface area (Å²) >= 11 is 12.7. The Bertz CT molecular complexity index is 1320. The summed E-state index contributed by atoms with van der Waals surface area (Å²) in [6, 6.07) is 18.7. The Labute approximate surface area is 188 Å². The number of carbonyl (C=O) groups excluding carboxylic acids is 2. The van der Waals surface area contributed by atoms with Crippen LogP contribution in [0.5, 0.6) is 0 Å². The van der Waals surface area contributed by atoms with Gasteiger partial charge < -0.3 is 16.4 Å². The van der Waals surface area contributed by atoms with Gasteiger partial charge in [0.05, 0.1) is 21.3 Å². The Morgan fingerprint density at radius 1 is 0.839 bits per heavy atom. The maximum Gasteiger partial charge on any atom is 0.316 e. The van der Waals surface area contributed by atoms with E-state index in [9.17, 15) is 9.59 Å². The number of amides is 3. The number of carbonyl (C=O) groups is 2. The molecule has 0 spiro atoms. The molecule has 4 aromatic rings. The Hall–Kier alpha value is -3.61. The molecule has 0 aliphatic carbocycles. The quantitative estimate of drug-likeness (QED) is 0.358. The number of anilines is 2. The minimum Gasteiger partial charge on any atom is -0.351 e. The number of aromatic nitrogens is 1. The summed E-state index contributed by atoms with van der Waals surface area (Å²) in [4.78, 5) is 28.2. The number of fused-ring (bicyclic) bond motifs is 1. The van der Waals surface area contributed by atoms with Crippen LogP contribution < -0.4 is 16.4 Å². The van der Waals surface area contributed by atoms with Gasteiger partial charge in [-0.15, -0.1) is 0 Å². The predicted octanol–water partition coefficient (Wildman–Crippen LogP) is 5.95. The van der Waals surface area contributed by atoms with Crippen molar-refractivity contribution in [1.82, 2.24) is 4.98 Å². The van der Waals surface area contributed by atoms with E-state index in [-0.39, 0.29) is 10.6 Å². The zero-order valence-corrected chi connectivity index (χ0v) is 17.5. The van der Waals surface area contributed by atoms with Crippen molar-refractivity contribution in [2.75, 3.05) is 10.6 Å². The highest BCUT2D eigenvalue weighted by molar-refractivity contribution is 6.35. The van der Waals surface area contributed by atoms with Crippen molar-refractivity contribution in [3.63, 3.8) is 0 Å². The van der Waals surface area contributed by atoms with Gasteiger partial charge in [0.1, 0.15) is 0 Å². The zero-order valence-electron chi connectivity index (χ0n) is 16.0. The normalized spacial score (nSPS) is 10.6. The van der Waals surface area contributed by atoms with Gasteiger partial charge in [-0.05, 0) is 47.9 Å². The molecule has 0 atom stereocenters. The lowest BCUT2D eigenvalue weighted by Crippen LogP contribution is -2.19. The van der Waals surface area contributed by atoms with Crippen LogP contribution in [0.2, 0.25) is 10.0 Å². The first-order chi connectivity index (χ1) is 14.9. The van der Waals surface area contributed by atoms with Gasteiger partial charge in [0, 0.05) is 28.5 Å². The molecule has 0 radical (unpaired) electrons. The molecule has 8 heteroatoms. The van der Waals surface area contributed by atoms with Gasteiger partial charge in [0.2, 0.25) is 0 Å². The van der Waals surface area contributed by atoms with Gasteiger partial charge in [-0.1, -0.05) is 47.5 Å². The van der Waals surface area contributed by atoms with Gasteiger partial charge in [0.25, 0.3) is 5.91 Å². The third-order valence-electron chi connectivity index (χ3n) is 4.63. The molecule has 3 aromatic carbocycles. The van der Waals surface area contributed by atoms with Gasteiger partial charge in [0.15, 0.2) is 0 Å². The van der Waals surface area contributed by atoms with Crippen LogP contribution in [-0.4, -0.2) is 16.9 Å². The van der Waals surface area contributed by atoms with E-state index in [1.807, 2.05) is 30.3 Å². The summed E-state index contributed by atoms with van der Waals surface area (Å²) < 4.78 is 0. The number of nitrogens with two attached hydrogens (primary N) is 1. The number of primary amides is 1. The van der Waals surface area contributed by atoms with Crippen LogP contribution in [0.25, 0.3) is 22.0 Å². The van der Waals surface area contributed by atoms with Crippen LogP contribution in [-0.2, 0) is 0 Å². The molecular formula is C23H16Cl2N4O2. The van der Waals surface area contributed by atoms with E-state index in [2.05, 4.69) is 15.6 Å². The van der Waals surface area contributed by atoms with Crippen LogP contribution in [0, 0.1) is 0 Å². The van der Waals surface area contributed by atoms with Crippen molar-refractivity contribution in [2.24, 2.45) is 5.73 Å². The lowest BCUT2D eigenvalue weighted by Gasteiger charge is -2.12. The lowest BCUT2D eigenvalue weighted by molar-refractivity contribution is 0.102. The van der Waals surface area contributed by atoms with Gasteiger partial charge >= 0.3 is 6.03 Å². The molecule has 0 fully saturated rings. The number of hydrogen-bond donors (Lipinski definition) is 3. The Morgan fingerprint density at radius 3 is 2.35 bits per heavy atom. The predicted molar refractivity (Wildman–Crippen MR) is 125 cm³/mol. The third-order valence-corrected chi connectivity index (χ3v) is 5.28. The van der Waals surface area contributed by atoms with Crippen molar-refractivity contribution >= 4 is 57.3 Å². The van der Waals surface area contributed by atoms with E-state index >= 15 is 0 Å². The van der Waals surface area contributed by atoms with E-state index in [1.54, 1.807) is 30.5 Å². The average molecular weight is 451 g/mol. The number of benzene rings is 3. The van der Waals surface area contributed by atoms with E-state index < -0.39 is 11.9 Å². The van der Waals surface area contributed by atoms with Crippen LogP contribution in [0.3, 0.4) is 0 Å². The minimum atomic E-state index is -0.719. The number of rotatable bonds is 4. The molecule has 6 nitrogen and oxygen atoms in total. The summed E-state index contributed by atoms with van der Waals surface area (Å²) in [6.45, 7) is 0.